The number of nitrogens with zero attached hydrogens (tertiary/aromatic N) is 4. The number of carbonyl (C=O) groups is 1. The van der Waals surface area contributed by atoms with Crippen molar-refractivity contribution in [2.45, 2.75) is 25.8 Å². The first-order chi connectivity index (χ1) is 7.26. The number of likely N-dealkylation sites (tertiary alicyclic amines) is 1. The van der Waals surface area contributed by atoms with Gasteiger partial charge in [-0.3, -0.25) is 9.69 Å². The van der Waals surface area contributed by atoms with Crippen LogP contribution in [0.15, 0.2) is 5.11 Å². The Balaban J connectivity index is 2.05. The summed E-state index contributed by atoms with van der Waals surface area (Å²) in [6.07, 6.45) is 2.11. The number of amides is 1. The summed E-state index contributed by atoms with van der Waals surface area (Å²) >= 11 is 0. The molecular formula is C9H17N5O. The van der Waals surface area contributed by atoms with Gasteiger partial charge < -0.3 is 5.32 Å². The molecule has 15 heavy (non-hydrogen) atoms. The Labute approximate surface area is 89.3 Å². The minimum atomic E-state index is 0.0541. The lowest BCUT2D eigenvalue weighted by atomic mass is 10.1. The summed E-state index contributed by atoms with van der Waals surface area (Å²) < 4.78 is 0. The minimum Gasteiger partial charge on any atom is -0.355 e. The van der Waals surface area contributed by atoms with E-state index in [1.54, 1.807) is 0 Å². The number of nitrogens with one attached hydrogen (secondary N) is 1. The van der Waals surface area contributed by atoms with E-state index in [1.165, 1.54) is 0 Å². The van der Waals surface area contributed by atoms with Crippen LogP contribution >= 0.6 is 0 Å². The molecule has 0 aliphatic carbocycles. The SMILES string of the molecule is CCCCNC(=O)CN1CC(N=[N+]=[N-])C1. The normalized spacial score (nSPS) is 16.6. The maximum Gasteiger partial charge on any atom is 0.234 e. The molecule has 0 aromatic rings. The summed E-state index contributed by atoms with van der Waals surface area (Å²) in [5.41, 5.74) is 8.17. The Morgan fingerprint density at radius 1 is 1.67 bits per heavy atom. The highest BCUT2D eigenvalue weighted by molar-refractivity contribution is 5.78. The Hall–Kier alpha value is -1.26. The van der Waals surface area contributed by atoms with Crippen molar-refractivity contribution in [3.63, 3.8) is 0 Å². The van der Waals surface area contributed by atoms with Crippen molar-refractivity contribution in [1.29, 1.82) is 0 Å². The first-order valence-corrected chi connectivity index (χ1v) is 5.29. The van der Waals surface area contributed by atoms with E-state index in [0.717, 1.165) is 19.4 Å². The van der Waals surface area contributed by atoms with Crippen molar-refractivity contribution < 1.29 is 4.79 Å². The molecule has 0 saturated carbocycles. The highest BCUT2D eigenvalue weighted by Gasteiger charge is 2.26. The first kappa shape index (κ1) is 11.8. The fourth-order valence-corrected chi connectivity index (χ4v) is 1.48. The maximum absolute atomic E-state index is 11.3. The summed E-state index contributed by atoms with van der Waals surface area (Å²) in [4.78, 5) is 16.0. The fourth-order valence-electron chi connectivity index (χ4n) is 1.48. The zero-order valence-electron chi connectivity index (χ0n) is 9.02. The largest absolute Gasteiger partial charge is 0.355 e. The summed E-state index contributed by atoms with van der Waals surface area (Å²) in [6, 6.07) is 0.0541. The highest BCUT2D eigenvalue weighted by atomic mass is 16.2. The van der Waals surface area contributed by atoms with Crippen LogP contribution in [0.25, 0.3) is 10.4 Å². The zero-order chi connectivity index (χ0) is 11.1. The number of unbranched alkanes of at least 4 members (excludes halogenated alkanes) is 1. The number of rotatable bonds is 6. The Bertz CT molecular complexity index is 255. The van der Waals surface area contributed by atoms with Gasteiger partial charge in [0, 0.05) is 24.5 Å². The monoisotopic (exact) mass is 211 g/mol. The molecule has 1 aliphatic heterocycles. The molecule has 1 fully saturated rings. The molecule has 1 rings (SSSR count). The predicted octanol–water partition coefficient (Wildman–Crippen LogP) is 0.897. The molecular weight excluding hydrogens is 194 g/mol. The van der Waals surface area contributed by atoms with Crippen LogP contribution in [-0.2, 0) is 4.79 Å². The fraction of sp³-hybridized carbons (Fsp3) is 0.889. The lowest BCUT2D eigenvalue weighted by Crippen LogP contribution is -2.53. The molecule has 1 aliphatic rings. The van der Waals surface area contributed by atoms with Crippen molar-refractivity contribution in [3.8, 4) is 0 Å². The van der Waals surface area contributed by atoms with Crippen molar-refractivity contribution in [1.82, 2.24) is 10.2 Å². The standard InChI is InChI=1S/C9H17N5O/c1-2-3-4-11-9(15)7-14-5-8(6-14)12-13-10/h8H,2-7H2,1H3,(H,11,15). The van der Waals surface area contributed by atoms with E-state index in [1.807, 2.05) is 4.90 Å². The van der Waals surface area contributed by atoms with Crippen LogP contribution in [-0.4, -0.2) is 43.0 Å². The molecule has 1 N–H and O–H groups in total. The molecule has 6 heteroatoms. The van der Waals surface area contributed by atoms with Crippen molar-refractivity contribution in [2.75, 3.05) is 26.2 Å². The predicted molar refractivity (Wildman–Crippen MR) is 57.3 cm³/mol. The second-order valence-corrected chi connectivity index (χ2v) is 3.76. The van der Waals surface area contributed by atoms with Crippen LogP contribution in [0.1, 0.15) is 19.8 Å². The van der Waals surface area contributed by atoms with Crippen LogP contribution in [0.4, 0.5) is 0 Å². The minimum absolute atomic E-state index is 0.0541. The van der Waals surface area contributed by atoms with Gasteiger partial charge in [-0.25, -0.2) is 0 Å². The van der Waals surface area contributed by atoms with Crippen molar-refractivity contribution in [3.05, 3.63) is 10.4 Å². The summed E-state index contributed by atoms with van der Waals surface area (Å²) in [7, 11) is 0. The van der Waals surface area contributed by atoms with Crippen molar-refractivity contribution >= 4 is 5.91 Å². The zero-order valence-corrected chi connectivity index (χ0v) is 9.02. The molecule has 6 nitrogen and oxygen atoms in total. The van der Waals surface area contributed by atoms with Gasteiger partial charge in [-0.1, -0.05) is 18.5 Å². The second kappa shape index (κ2) is 6.27. The molecule has 1 amide bonds. The summed E-state index contributed by atoms with van der Waals surface area (Å²) in [5, 5.41) is 6.42. The van der Waals surface area contributed by atoms with Gasteiger partial charge in [0.05, 0.1) is 12.6 Å². The third-order valence-corrected chi connectivity index (χ3v) is 2.37. The number of hydrogen-bond donors (Lipinski definition) is 1. The lowest BCUT2D eigenvalue weighted by molar-refractivity contribution is -0.123. The molecule has 84 valence electrons. The van der Waals surface area contributed by atoms with E-state index in [0.29, 0.717) is 19.6 Å². The van der Waals surface area contributed by atoms with E-state index >= 15 is 0 Å². The summed E-state index contributed by atoms with van der Waals surface area (Å²) in [6.45, 7) is 4.66. The van der Waals surface area contributed by atoms with Crippen LogP contribution in [0.3, 0.4) is 0 Å². The third kappa shape index (κ3) is 4.18. The van der Waals surface area contributed by atoms with E-state index in [4.69, 9.17) is 5.53 Å². The molecule has 0 unspecified atom stereocenters. The average Bonchev–Trinajstić information content (AvgIpc) is 2.15. The van der Waals surface area contributed by atoms with E-state index in [-0.39, 0.29) is 11.9 Å². The number of hydrogen-bond acceptors (Lipinski definition) is 3. The van der Waals surface area contributed by atoms with E-state index in [9.17, 15) is 4.79 Å². The average molecular weight is 211 g/mol. The molecule has 1 saturated heterocycles. The lowest BCUT2D eigenvalue weighted by Gasteiger charge is -2.35. The Morgan fingerprint density at radius 3 is 3.00 bits per heavy atom. The smallest absolute Gasteiger partial charge is 0.234 e. The van der Waals surface area contributed by atoms with Gasteiger partial charge in [0.2, 0.25) is 5.91 Å². The first-order valence-electron chi connectivity index (χ1n) is 5.29. The summed E-state index contributed by atoms with van der Waals surface area (Å²) in [5.74, 6) is 0.0582. The van der Waals surface area contributed by atoms with Crippen LogP contribution in [0.5, 0.6) is 0 Å². The quantitative estimate of drug-likeness (QED) is 0.306. The van der Waals surface area contributed by atoms with Gasteiger partial charge in [0.15, 0.2) is 0 Å². The highest BCUT2D eigenvalue weighted by Crippen LogP contribution is 2.10. The molecule has 0 aromatic carbocycles. The van der Waals surface area contributed by atoms with E-state index < -0.39 is 0 Å². The number of carbonyl (C=O) groups excluding carboxylic acids is 1. The molecule has 0 atom stereocenters. The third-order valence-electron chi connectivity index (χ3n) is 2.37. The second-order valence-electron chi connectivity index (χ2n) is 3.76. The van der Waals surface area contributed by atoms with Crippen molar-refractivity contribution in [2.24, 2.45) is 5.11 Å². The molecule has 0 bridgehead atoms. The van der Waals surface area contributed by atoms with Gasteiger partial charge in [-0.2, -0.15) is 0 Å². The van der Waals surface area contributed by atoms with Gasteiger partial charge in [-0.15, -0.1) is 0 Å². The molecule has 0 spiro atoms. The maximum atomic E-state index is 11.3. The van der Waals surface area contributed by atoms with Crippen LogP contribution in [0, 0.1) is 0 Å². The van der Waals surface area contributed by atoms with Gasteiger partial charge in [0.25, 0.3) is 0 Å². The van der Waals surface area contributed by atoms with E-state index in [2.05, 4.69) is 22.3 Å². The van der Waals surface area contributed by atoms with Gasteiger partial charge >= 0.3 is 0 Å². The van der Waals surface area contributed by atoms with Crippen LogP contribution in [0.2, 0.25) is 0 Å². The number of azide groups is 1. The molecule has 0 aromatic heterocycles. The van der Waals surface area contributed by atoms with Gasteiger partial charge in [-0.05, 0) is 12.0 Å². The van der Waals surface area contributed by atoms with Gasteiger partial charge in [0.1, 0.15) is 0 Å². The van der Waals surface area contributed by atoms with Crippen LogP contribution < -0.4 is 5.32 Å². The molecule has 1 heterocycles. The topological polar surface area (TPSA) is 81.1 Å². The Kier molecular flexibility index (Phi) is 4.93. The Morgan fingerprint density at radius 2 is 2.40 bits per heavy atom. The molecule has 0 radical (unpaired) electrons.